The van der Waals surface area contributed by atoms with Crippen molar-refractivity contribution in [2.75, 3.05) is 0 Å². The van der Waals surface area contributed by atoms with Gasteiger partial charge in [0, 0.05) is 12.1 Å². The minimum absolute atomic E-state index is 0.0314. The number of primary sulfonamides is 1. The number of aliphatic carboxylic acids is 1. The molecule has 0 aliphatic carbocycles. The predicted molar refractivity (Wildman–Crippen MR) is 80.4 cm³/mol. The highest BCUT2D eigenvalue weighted by Gasteiger charge is 2.14. The Morgan fingerprint density at radius 3 is 2.36 bits per heavy atom. The van der Waals surface area contributed by atoms with Crippen LogP contribution in [0.25, 0.3) is 5.69 Å². The maximum Gasteiger partial charge on any atom is 0.303 e. The van der Waals surface area contributed by atoms with Crippen molar-refractivity contribution in [3.63, 3.8) is 0 Å². The minimum atomic E-state index is -3.73. The monoisotopic (exact) mass is 323 g/mol. The Balaban J connectivity index is 2.37. The molecular formula is C14H17N3O4S. The van der Waals surface area contributed by atoms with Crippen LogP contribution in [-0.4, -0.2) is 29.3 Å². The number of hydrogen-bond donors (Lipinski definition) is 2. The number of nitrogens with two attached hydrogens (primary N) is 1. The maximum absolute atomic E-state index is 11.3. The first kappa shape index (κ1) is 16.2. The van der Waals surface area contributed by atoms with Gasteiger partial charge in [-0.2, -0.15) is 5.10 Å². The number of aryl methyl sites for hydroxylation is 1. The molecule has 22 heavy (non-hydrogen) atoms. The van der Waals surface area contributed by atoms with E-state index in [1.54, 1.807) is 16.8 Å². The summed E-state index contributed by atoms with van der Waals surface area (Å²) in [6, 6.07) is 6.05. The van der Waals surface area contributed by atoms with Gasteiger partial charge in [0.05, 0.1) is 16.3 Å². The van der Waals surface area contributed by atoms with E-state index in [0.29, 0.717) is 12.1 Å². The summed E-state index contributed by atoms with van der Waals surface area (Å²) < 4.78 is 24.2. The van der Waals surface area contributed by atoms with Crippen molar-refractivity contribution in [2.24, 2.45) is 5.14 Å². The van der Waals surface area contributed by atoms with Gasteiger partial charge in [0.15, 0.2) is 0 Å². The van der Waals surface area contributed by atoms with Crippen LogP contribution in [0.1, 0.15) is 23.4 Å². The van der Waals surface area contributed by atoms with Crippen molar-refractivity contribution < 1.29 is 18.3 Å². The van der Waals surface area contributed by atoms with E-state index in [2.05, 4.69) is 5.10 Å². The molecule has 1 aromatic carbocycles. The Hall–Kier alpha value is -2.19. The highest BCUT2D eigenvalue weighted by atomic mass is 32.2. The van der Waals surface area contributed by atoms with Crippen LogP contribution in [0, 0.1) is 13.8 Å². The zero-order valence-electron chi connectivity index (χ0n) is 12.3. The van der Waals surface area contributed by atoms with E-state index in [1.165, 1.54) is 12.1 Å². The number of sulfonamides is 1. The molecule has 0 saturated heterocycles. The van der Waals surface area contributed by atoms with Gasteiger partial charge in [0.2, 0.25) is 10.0 Å². The van der Waals surface area contributed by atoms with Crippen molar-refractivity contribution in [2.45, 2.75) is 31.6 Å². The third-order valence-corrected chi connectivity index (χ3v) is 4.37. The zero-order valence-corrected chi connectivity index (χ0v) is 13.1. The molecular weight excluding hydrogens is 306 g/mol. The number of rotatable bonds is 5. The second-order valence-corrected chi connectivity index (χ2v) is 6.56. The Kier molecular flexibility index (Phi) is 4.34. The van der Waals surface area contributed by atoms with Gasteiger partial charge in [-0.25, -0.2) is 18.2 Å². The number of carbonyl (C=O) groups is 1. The quantitative estimate of drug-likeness (QED) is 0.856. The molecule has 2 rings (SSSR count). The highest BCUT2D eigenvalue weighted by molar-refractivity contribution is 7.89. The fourth-order valence-electron chi connectivity index (χ4n) is 2.30. The molecule has 118 valence electrons. The molecule has 0 amide bonds. The lowest BCUT2D eigenvalue weighted by atomic mass is 10.1. The van der Waals surface area contributed by atoms with E-state index in [1.807, 2.05) is 13.8 Å². The Bertz CT molecular complexity index is 807. The number of hydrogen-bond acceptors (Lipinski definition) is 4. The molecule has 2 aromatic rings. The van der Waals surface area contributed by atoms with Crippen molar-refractivity contribution in [1.82, 2.24) is 9.78 Å². The first-order valence-corrected chi connectivity index (χ1v) is 8.15. The lowest BCUT2D eigenvalue weighted by Gasteiger charge is -2.06. The van der Waals surface area contributed by atoms with Gasteiger partial charge >= 0.3 is 5.97 Å². The second-order valence-electron chi connectivity index (χ2n) is 4.99. The number of nitrogens with zero attached hydrogens (tertiary/aromatic N) is 2. The second kappa shape index (κ2) is 5.90. The van der Waals surface area contributed by atoms with Crippen LogP contribution in [0.3, 0.4) is 0 Å². The Morgan fingerprint density at radius 1 is 1.27 bits per heavy atom. The molecule has 1 aromatic heterocycles. The summed E-state index contributed by atoms with van der Waals surface area (Å²) in [7, 11) is -3.73. The summed E-state index contributed by atoms with van der Waals surface area (Å²) >= 11 is 0. The summed E-state index contributed by atoms with van der Waals surface area (Å²) in [4.78, 5) is 10.7. The highest BCUT2D eigenvalue weighted by Crippen LogP contribution is 2.20. The SMILES string of the molecule is Cc1nn(-c2ccc(S(N)(=O)=O)cc2)c(C)c1CCC(=O)O. The van der Waals surface area contributed by atoms with Crippen LogP contribution in [0.2, 0.25) is 0 Å². The summed E-state index contributed by atoms with van der Waals surface area (Å²) in [5, 5.41) is 18.3. The normalized spacial score (nSPS) is 11.6. The fraction of sp³-hybridized carbons (Fsp3) is 0.286. The summed E-state index contributed by atoms with van der Waals surface area (Å²) in [6.45, 7) is 3.67. The van der Waals surface area contributed by atoms with Gasteiger partial charge in [-0.15, -0.1) is 0 Å². The van der Waals surface area contributed by atoms with Crippen LogP contribution in [0.15, 0.2) is 29.2 Å². The van der Waals surface area contributed by atoms with Gasteiger partial charge in [-0.05, 0) is 50.1 Å². The van der Waals surface area contributed by atoms with Gasteiger partial charge < -0.3 is 5.11 Å². The molecule has 0 saturated carbocycles. The fourth-order valence-corrected chi connectivity index (χ4v) is 2.81. The largest absolute Gasteiger partial charge is 0.481 e. The van der Waals surface area contributed by atoms with E-state index in [0.717, 1.165) is 17.0 Å². The molecule has 0 aliphatic rings. The van der Waals surface area contributed by atoms with Crippen LogP contribution in [0.4, 0.5) is 0 Å². The van der Waals surface area contributed by atoms with Crippen LogP contribution in [0.5, 0.6) is 0 Å². The van der Waals surface area contributed by atoms with Crippen LogP contribution < -0.4 is 5.14 Å². The Labute approximate surface area is 128 Å². The number of benzene rings is 1. The van der Waals surface area contributed by atoms with E-state index >= 15 is 0 Å². The minimum Gasteiger partial charge on any atom is -0.481 e. The zero-order chi connectivity index (χ0) is 16.5. The molecule has 1 heterocycles. The third-order valence-electron chi connectivity index (χ3n) is 3.44. The number of aromatic nitrogens is 2. The molecule has 0 atom stereocenters. The first-order valence-electron chi connectivity index (χ1n) is 6.60. The van der Waals surface area contributed by atoms with Crippen molar-refractivity contribution in [3.8, 4) is 5.69 Å². The Morgan fingerprint density at radius 2 is 1.86 bits per heavy atom. The van der Waals surface area contributed by atoms with Gasteiger partial charge in [-0.1, -0.05) is 0 Å². The van der Waals surface area contributed by atoms with Crippen molar-refractivity contribution >= 4 is 16.0 Å². The van der Waals surface area contributed by atoms with Crippen LogP contribution >= 0.6 is 0 Å². The molecule has 0 fully saturated rings. The third kappa shape index (κ3) is 3.34. The topological polar surface area (TPSA) is 115 Å². The molecule has 3 N–H and O–H groups in total. The van der Waals surface area contributed by atoms with Gasteiger partial charge in [0.25, 0.3) is 0 Å². The lowest BCUT2D eigenvalue weighted by Crippen LogP contribution is -2.12. The van der Waals surface area contributed by atoms with Crippen molar-refractivity contribution in [3.05, 3.63) is 41.2 Å². The summed E-state index contributed by atoms with van der Waals surface area (Å²) in [5.74, 6) is -0.857. The first-order chi connectivity index (χ1) is 10.2. The molecule has 0 radical (unpaired) electrons. The molecule has 0 bridgehead atoms. The maximum atomic E-state index is 11.3. The molecule has 7 nitrogen and oxygen atoms in total. The van der Waals surface area contributed by atoms with Gasteiger partial charge in [-0.3, -0.25) is 4.79 Å². The summed E-state index contributed by atoms with van der Waals surface area (Å²) in [6.07, 6.45) is 0.444. The molecule has 8 heteroatoms. The summed E-state index contributed by atoms with van der Waals surface area (Å²) in [5.41, 5.74) is 3.17. The lowest BCUT2D eigenvalue weighted by molar-refractivity contribution is -0.136. The van der Waals surface area contributed by atoms with Gasteiger partial charge in [0.1, 0.15) is 0 Å². The van der Waals surface area contributed by atoms with E-state index < -0.39 is 16.0 Å². The molecule has 0 spiro atoms. The average molecular weight is 323 g/mol. The van der Waals surface area contributed by atoms with E-state index in [-0.39, 0.29) is 11.3 Å². The average Bonchev–Trinajstić information content (AvgIpc) is 2.71. The predicted octanol–water partition coefficient (Wildman–Crippen LogP) is 1.15. The molecule has 0 aliphatic heterocycles. The van der Waals surface area contributed by atoms with Crippen LogP contribution in [-0.2, 0) is 21.2 Å². The number of carboxylic acids is 1. The standard InChI is InChI=1S/C14H17N3O4S/c1-9-13(7-8-14(18)19)10(2)17(16-9)11-3-5-12(6-4-11)22(15,20)21/h3-6H,7-8H2,1-2H3,(H,18,19)(H2,15,20,21). The smallest absolute Gasteiger partial charge is 0.303 e. The van der Waals surface area contributed by atoms with Crippen molar-refractivity contribution in [1.29, 1.82) is 0 Å². The molecule has 0 unspecified atom stereocenters. The van der Waals surface area contributed by atoms with E-state index in [4.69, 9.17) is 10.2 Å². The van der Waals surface area contributed by atoms with E-state index in [9.17, 15) is 13.2 Å². The number of carboxylic acid groups (broad SMARTS) is 1.